The maximum absolute atomic E-state index is 3.45. The van der Waals surface area contributed by atoms with Gasteiger partial charge in [0, 0.05) is 31.7 Å². The van der Waals surface area contributed by atoms with Crippen molar-refractivity contribution >= 4 is 0 Å². The van der Waals surface area contributed by atoms with Crippen molar-refractivity contribution in [2.24, 2.45) is 0 Å². The molecule has 0 aromatic carbocycles. The second-order valence-electron chi connectivity index (χ2n) is 4.88. The minimum absolute atomic E-state index is 0.584. The van der Waals surface area contributed by atoms with Gasteiger partial charge in [-0.05, 0) is 19.3 Å². The van der Waals surface area contributed by atoms with Crippen LogP contribution in [0, 0.1) is 0 Å². The van der Waals surface area contributed by atoms with Crippen molar-refractivity contribution in [2.45, 2.75) is 51.0 Å². The summed E-state index contributed by atoms with van der Waals surface area (Å²) in [7, 11) is 0. The zero-order valence-corrected chi connectivity index (χ0v) is 9.52. The summed E-state index contributed by atoms with van der Waals surface area (Å²) in [6.07, 6.45) is 8.63. The van der Waals surface area contributed by atoms with Crippen molar-refractivity contribution in [3.8, 4) is 0 Å². The molecule has 2 heteroatoms. The quantitative estimate of drug-likeness (QED) is 0.727. The molecular weight excluding hydrogens is 172 g/mol. The molecule has 0 atom stereocenters. The molecule has 1 saturated carbocycles. The number of nitrogens with one attached hydrogen (secondary N) is 1. The molecule has 0 aromatic rings. The van der Waals surface area contributed by atoms with Crippen LogP contribution in [0.2, 0.25) is 0 Å². The van der Waals surface area contributed by atoms with E-state index >= 15 is 0 Å². The molecule has 2 rings (SSSR count). The number of nitrogens with zero attached hydrogens (tertiary/aromatic N) is 1. The Kier molecular flexibility index (Phi) is 3.45. The second kappa shape index (κ2) is 4.63. The lowest BCUT2D eigenvalue weighted by atomic mass is 9.78. The van der Waals surface area contributed by atoms with Gasteiger partial charge in [-0.2, -0.15) is 0 Å². The fourth-order valence-corrected chi connectivity index (χ4v) is 3.24. The zero-order chi connectivity index (χ0) is 9.86. The molecule has 1 heterocycles. The average Bonchev–Trinajstić information content (AvgIpc) is 2.31. The van der Waals surface area contributed by atoms with Gasteiger partial charge in [0.15, 0.2) is 0 Å². The molecule has 14 heavy (non-hydrogen) atoms. The van der Waals surface area contributed by atoms with Crippen LogP contribution in [0.15, 0.2) is 0 Å². The molecule has 2 aliphatic rings. The van der Waals surface area contributed by atoms with Gasteiger partial charge in [0.1, 0.15) is 0 Å². The first-order chi connectivity index (χ1) is 6.87. The van der Waals surface area contributed by atoms with Crippen LogP contribution >= 0.6 is 0 Å². The van der Waals surface area contributed by atoms with E-state index < -0.39 is 0 Å². The number of piperazine rings is 1. The predicted molar refractivity (Wildman–Crippen MR) is 60.5 cm³/mol. The van der Waals surface area contributed by atoms with Crippen LogP contribution in [0.4, 0.5) is 0 Å². The third-order valence-electron chi connectivity index (χ3n) is 4.23. The molecule has 82 valence electrons. The highest BCUT2D eigenvalue weighted by Gasteiger charge is 2.36. The molecule has 0 radical (unpaired) electrons. The van der Waals surface area contributed by atoms with E-state index in [2.05, 4.69) is 17.1 Å². The second-order valence-corrected chi connectivity index (χ2v) is 4.88. The molecule has 2 fully saturated rings. The summed E-state index contributed by atoms with van der Waals surface area (Å²) in [5, 5.41) is 3.45. The van der Waals surface area contributed by atoms with E-state index in [1.807, 2.05) is 0 Å². The Morgan fingerprint density at radius 2 is 1.71 bits per heavy atom. The maximum atomic E-state index is 3.45. The topological polar surface area (TPSA) is 15.3 Å². The Hall–Kier alpha value is -0.0800. The number of hydrogen-bond donors (Lipinski definition) is 1. The first kappa shape index (κ1) is 10.4. The van der Waals surface area contributed by atoms with E-state index in [0.717, 1.165) is 0 Å². The van der Waals surface area contributed by atoms with Gasteiger partial charge in [-0.3, -0.25) is 4.90 Å². The molecule has 1 aliphatic heterocycles. The Balaban J connectivity index is 2.01. The van der Waals surface area contributed by atoms with Crippen molar-refractivity contribution in [2.75, 3.05) is 26.2 Å². The zero-order valence-electron chi connectivity index (χ0n) is 9.52. The van der Waals surface area contributed by atoms with Gasteiger partial charge >= 0.3 is 0 Å². The Labute approximate surface area is 88.1 Å². The summed E-state index contributed by atoms with van der Waals surface area (Å²) in [6, 6.07) is 0. The van der Waals surface area contributed by atoms with Crippen LogP contribution in [0.25, 0.3) is 0 Å². The summed E-state index contributed by atoms with van der Waals surface area (Å²) in [5.74, 6) is 0. The average molecular weight is 196 g/mol. The van der Waals surface area contributed by atoms with Gasteiger partial charge in [-0.1, -0.05) is 26.2 Å². The van der Waals surface area contributed by atoms with Gasteiger partial charge in [-0.15, -0.1) is 0 Å². The van der Waals surface area contributed by atoms with Crippen molar-refractivity contribution in [1.29, 1.82) is 0 Å². The third kappa shape index (κ3) is 1.96. The first-order valence-corrected chi connectivity index (χ1v) is 6.33. The maximum Gasteiger partial charge on any atom is 0.0208 e. The van der Waals surface area contributed by atoms with Gasteiger partial charge < -0.3 is 5.32 Å². The Morgan fingerprint density at radius 1 is 1.07 bits per heavy atom. The van der Waals surface area contributed by atoms with Crippen molar-refractivity contribution in [1.82, 2.24) is 10.2 Å². The van der Waals surface area contributed by atoms with Gasteiger partial charge in [0.2, 0.25) is 0 Å². The predicted octanol–water partition coefficient (Wildman–Crippen LogP) is 2.00. The van der Waals surface area contributed by atoms with E-state index in [4.69, 9.17) is 0 Å². The lowest BCUT2D eigenvalue weighted by Crippen LogP contribution is -2.56. The summed E-state index contributed by atoms with van der Waals surface area (Å²) in [4.78, 5) is 2.77. The molecule has 0 spiro atoms. The molecule has 1 saturated heterocycles. The highest BCUT2D eigenvalue weighted by atomic mass is 15.2. The van der Waals surface area contributed by atoms with E-state index in [1.54, 1.807) is 0 Å². The lowest BCUT2D eigenvalue weighted by molar-refractivity contribution is 0.0360. The Bertz CT molecular complexity index is 167. The number of rotatable bonds is 2. The first-order valence-electron chi connectivity index (χ1n) is 6.33. The molecule has 1 aliphatic carbocycles. The van der Waals surface area contributed by atoms with E-state index in [9.17, 15) is 0 Å². The van der Waals surface area contributed by atoms with Crippen LogP contribution in [0.1, 0.15) is 45.4 Å². The molecule has 0 bridgehead atoms. The van der Waals surface area contributed by atoms with Crippen LogP contribution in [-0.4, -0.2) is 36.6 Å². The highest BCUT2D eigenvalue weighted by Crippen LogP contribution is 2.36. The molecular formula is C12H24N2. The van der Waals surface area contributed by atoms with Crippen LogP contribution in [0.3, 0.4) is 0 Å². The van der Waals surface area contributed by atoms with Crippen LogP contribution < -0.4 is 5.32 Å². The summed E-state index contributed by atoms with van der Waals surface area (Å²) in [6.45, 7) is 7.32. The standard InChI is InChI=1S/C12H24N2/c1-2-12(6-4-3-5-7-12)14-10-8-13-9-11-14/h13H,2-11H2,1H3. The molecule has 0 unspecified atom stereocenters. The van der Waals surface area contributed by atoms with Crippen LogP contribution in [0.5, 0.6) is 0 Å². The smallest absolute Gasteiger partial charge is 0.0208 e. The molecule has 0 aromatic heterocycles. The lowest BCUT2D eigenvalue weighted by Gasteiger charge is -2.48. The van der Waals surface area contributed by atoms with Crippen LogP contribution in [-0.2, 0) is 0 Å². The fourth-order valence-electron chi connectivity index (χ4n) is 3.24. The Morgan fingerprint density at radius 3 is 2.29 bits per heavy atom. The molecule has 1 N–H and O–H groups in total. The highest BCUT2D eigenvalue weighted by molar-refractivity contribution is 4.93. The summed E-state index contributed by atoms with van der Waals surface area (Å²) < 4.78 is 0. The summed E-state index contributed by atoms with van der Waals surface area (Å²) >= 11 is 0. The fraction of sp³-hybridized carbons (Fsp3) is 1.00. The summed E-state index contributed by atoms with van der Waals surface area (Å²) in [5.41, 5.74) is 0.584. The van der Waals surface area contributed by atoms with Crippen molar-refractivity contribution in [3.63, 3.8) is 0 Å². The minimum atomic E-state index is 0.584. The minimum Gasteiger partial charge on any atom is -0.314 e. The van der Waals surface area contributed by atoms with E-state index in [-0.39, 0.29) is 0 Å². The largest absolute Gasteiger partial charge is 0.314 e. The van der Waals surface area contributed by atoms with Crippen molar-refractivity contribution < 1.29 is 0 Å². The number of hydrogen-bond acceptors (Lipinski definition) is 2. The molecule has 0 amide bonds. The normalized spacial score (nSPS) is 28.9. The monoisotopic (exact) mass is 196 g/mol. The van der Waals surface area contributed by atoms with Gasteiger partial charge in [-0.25, -0.2) is 0 Å². The van der Waals surface area contributed by atoms with Crippen molar-refractivity contribution in [3.05, 3.63) is 0 Å². The van der Waals surface area contributed by atoms with E-state index in [1.165, 1.54) is 64.7 Å². The van der Waals surface area contributed by atoms with E-state index in [0.29, 0.717) is 5.54 Å². The molecule has 2 nitrogen and oxygen atoms in total. The SMILES string of the molecule is CCC1(N2CCNCC2)CCCCC1. The van der Waals surface area contributed by atoms with Gasteiger partial charge in [0.25, 0.3) is 0 Å². The van der Waals surface area contributed by atoms with Gasteiger partial charge in [0.05, 0.1) is 0 Å². The third-order valence-corrected chi connectivity index (χ3v) is 4.23.